The molecule has 0 aliphatic heterocycles. The van der Waals surface area contributed by atoms with Gasteiger partial charge < -0.3 is 5.11 Å². The Morgan fingerprint density at radius 1 is 1.11 bits per heavy atom. The first-order valence-corrected chi connectivity index (χ1v) is 12.3. The molecule has 0 bridgehead atoms. The molecule has 4 rings (SSSR count). The predicted molar refractivity (Wildman–Crippen MR) is 119 cm³/mol. The molecule has 2 saturated carbocycles. The Balaban J connectivity index is 1.55. The molecule has 158 valence electrons. The fraction of sp³-hybridized carbons (Fsp3) is 0.852. The third-order valence-electron chi connectivity index (χ3n) is 9.90. The fourth-order valence-corrected chi connectivity index (χ4v) is 8.25. The van der Waals surface area contributed by atoms with Crippen LogP contribution in [0.2, 0.25) is 0 Å². The van der Waals surface area contributed by atoms with Crippen LogP contribution in [-0.2, 0) is 0 Å². The van der Waals surface area contributed by atoms with E-state index in [9.17, 15) is 5.11 Å². The summed E-state index contributed by atoms with van der Waals surface area (Å²) in [5.41, 5.74) is 6.19. The number of rotatable bonds is 4. The number of aliphatic hydroxyl groups excluding tert-OH is 1. The molecule has 1 heteroatoms. The highest BCUT2D eigenvalue weighted by atomic mass is 16.3. The van der Waals surface area contributed by atoms with E-state index in [-0.39, 0.29) is 6.10 Å². The Morgan fingerprint density at radius 2 is 1.89 bits per heavy atom. The summed E-state index contributed by atoms with van der Waals surface area (Å²) in [5, 5.41) is 10.2. The Kier molecular flexibility index (Phi) is 5.62. The van der Waals surface area contributed by atoms with Crippen LogP contribution in [0.3, 0.4) is 0 Å². The first-order valence-electron chi connectivity index (χ1n) is 12.3. The lowest BCUT2D eigenvalue weighted by Gasteiger charge is -2.55. The highest BCUT2D eigenvalue weighted by Crippen LogP contribution is 2.65. The molecule has 4 aliphatic carbocycles. The maximum atomic E-state index is 10.2. The van der Waals surface area contributed by atoms with Gasteiger partial charge in [-0.05, 0) is 119 Å². The van der Waals surface area contributed by atoms with Crippen LogP contribution >= 0.6 is 0 Å². The molecule has 1 nitrogen and oxygen atoms in total. The Labute approximate surface area is 174 Å². The molecular weight excluding hydrogens is 340 g/mol. The summed E-state index contributed by atoms with van der Waals surface area (Å²) in [5.74, 6) is 3.36. The van der Waals surface area contributed by atoms with Crippen molar-refractivity contribution < 1.29 is 5.11 Å². The first kappa shape index (κ1) is 20.7. The number of hydrogen-bond donors (Lipinski definition) is 1. The van der Waals surface area contributed by atoms with E-state index < -0.39 is 0 Å². The Bertz CT molecular complexity index is 653. The molecule has 1 N–H and O–H groups in total. The van der Waals surface area contributed by atoms with Crippen LogP contribution in [-0.4, -0.2) is 11.2 Å². The van der Waals surface area contributed by atoms with Crippen molar-refractivity contribution in [2.24, 2.45) is 34.5 Å². The van der Waals surface area contributed by atoms with E-state index >= 15 is 0 Å². The van der Waals surface area contributed by atoms with Crippen LogP contribution in [0.15, 0.2) is 22.8 Å². The monoisotopic (exact) mass is 384 g/mol. The maximum absolute atomic E-state index is 10.2. The van der Waals surface area contributed by atoms with E-state index in [1.165, 1.54) is 63.4 Å². The zero-order valence-electron chi connectivity index (χ0n) is 19.2. The van der Waals surface area contributed by atoms with Crippen LogP contribution in [0, 0.1) is 34.5 Å². The first-order chi connectivity index (χ1) is 13.3. The lowest BCUT2D eigenvalue weighted by atomic mass is 9.50. The molecule has 0 amide bonds. The standard InChI is InChI=1S/C27H44O/c1-18(2)7-6-8-19(3)23-11-12-24-22-10-9-20-17-21(28)13-15-26(20,4)25(22)14-16-27(23,24)5/h7,19-21,23-24,28H,6,8-17H2,1-5H3/t19-,20+,21-,23-,24+,26+,27-/m1/s1. The van der Waals surface area contributed by atoms with Gasteiger partial charge in [-0.3, -0.25) is 0 Å². The van der Waals surface area contributed by atoms with Gasteiger partial charge in [0.05, 0.1) is 6.10 Å². The van der Waals surface area contributed by atoms with E-state index in [0.29, 0.717) is 10.8 Å². The average molecular weight is 385 g/mol. The summed E-state index contributed by atoms with van der Waals surface area (Å²) >= 11 is 0. The third kappa shape index (κ3) is 3.34. The molecule has 4 aliphatic rings. The molecule has 7 atom stereocenters. The summed E-state index contributed by atoms with van der Waals surface area (Å²) < 4.78 is 0. The lowest BCUT2D eigenvalue weighted by molar-refractivity contribution is 0.0133. The molecule has 0 unspecified atom stereocenters. The number of aliphatic hydroxyl groups is 1. The second kappa shape index (κ2) is 7.60. The third-order valence-corrected chi connectivity index (χ3v) is 9.90. The van der Waals surface area contributed by atoms with Gasteiger partial charge in [0.1, 0.15) is 0 Å². The minimum absolute atomic E-state index is 0.0356. The van der Waals surface area contributed by atoms with Crippen LogP contribution in [0.25, 0.3) is 0 Å². The molecular formula is C27H44O. The van der Waals surface area contributed by atoms with Gasteiger partial charge in [0.15, 0.2) is 0 Å². The second-order valence-electron chi connectivity index (χ2n) is 11.7. The van der Waals surface area contributed by atoms with E-state index in [1.54, 1.807) is 0 Å². The summed E-state index contributed by atoms with van der Waals surface area (Å²) in [4.78, 5) is 0. The topological polar surface area (TPSA) is 20.2 Å². The van der Waals surface area contributed by atoms with Crippen molar-refractivity contribution in [1.29, 1.82) is 0 Å². The van der Waals surface area contributed by atoms with Crippen molar-refractivity contribution in [3.8, 4) is 0 Å². The van der Waals surface area contributed by atoms with Crippen molar-refractivity contribution in [1.82, 2.24) is 0 Å². The fourth-order valence-electron chi connectivity index (χ4n) is 8.25. The van der Waals surface area contributed by atoms with Crippen molar-refractivity contribution >= 4 is 0 Å². The highest BCUT2D eigenvalue weighted by Gasteiger charge is 2.55. The quantitative estimate of drug-likeness (QED) is 0.499. The van der Waals surface area contributed by atoms with Crippen molar-refractivity contribution in [3.63, 3.8) is 0 Å². The minimum atomic E-state index is -0.0356. The van der Waals surface area contributed by atoms with Crippen molar-refractivity contribution in [2.45, 2.75) is 111 Å². The molecule has 0 heterocycles. The average Bonchev–Trinajstić information content (AvgIpc) is 2.99. The van der Waals surface area contributed by atoms with Crippen molar-refractivity contribution in [3.05, 3.63) is 22.8 Å². The molecule has 28 heavy (non-hydrogen) atoms. The zero-order valence-corrected chi connectivity index (χ0v) is 19.2. The van der Waals surface area contributed by atoms with Gasteiger partial charge in [-0.1, -0.05) is 43.6 Å². The smallest absolute Gasteiger partial charge is 0.0543 e. The summed E-state index contributed by atoms with van der Waals surface area (Å²) in [6.45, 7) is 12.2. The Morgan fingerprint density at radius 3 is 2.64 bits per heavy atom. The van der Waals surface area contributed by atoms with E-state index in [2.05, 4.69) is 40.7 Å². The van der Waals surface area contributed by atoms with Gasteiger partial charge in [-0.15, -0.1) is 0 Å². The van der Waals surface area contributed by atoms with Gasteiger partial charge >= 0.3 is 0 Å². The molecule has 0 aromatic rings. The van der Waals surface area contributed by atoms with Gasteiger partial charge in [0.2, 0.25) is 0 Å². The lowest BCUT2D eigenvalue weighted by Crippen LogP contribution is -2.45. The Hall–Kier alpha value is -0.560. The van der Waals surface area contributed by atoms with Crippen LogP contribution in [0.4, 0.5) is 0 Å². The van der Waals surface area contributed by atoms with E-state index in [1.807, 2.05) is 11.1 Å². The summed E-state index contributed by atoms with van der Waals surface area (Å²) in [6.07, 6.45) is 16.7. The highest BCUT2D eigenvalue weighted by molar-refractivity contribution is 5.34. The number of allylic oxidation sites excluding steroid dienone is 4. The molecule has 0 saturated heterocycles. The van der Waals surface area contributed by atoms with Crippen LogP contribution < -0.4 is 0 Å². The molecule has 0 aromatic heterocycles. The van der Waals surface area contributed by atoms with Gasteiger partial charge in [-0.25, -0.2) is 0 Å². The predicted octanol–water partition coefficient (Wildman–Crippen LogP) is 7.45. The molecule has 0 spiro atoms. The second-order valence-corrected chi connectivity index (χ2v) is 11.7. The maximum Gasteiger partial charge on any atom is 0.0543 e. The van der Waals surface area contributed by atoms with Gasteiger partial charge in [-0.2, -0.15) is 0 Å². The summed E-state index contributed by atoms with van der Waals surface area (Å²) in [7, 11) is 0. The largest absolute Gasteiger partial charge is 0.393 e. The minimum Gasteiger partial charge on any atom is -0.393 e. The van der Waals surface area contributed by atoms with Gasteiger partial charge in [0.25, 0.3) is 0 Å². The van der Waals surface area contributed by atoms with E-state index in [4.69, 9.17) is 0 Å². The van der Waals surface area contributed by atoms with Gasteiger partial charge in [0, 0.05) is 0 Å². The van der Waals surface area contributed by atoms with Crippen LogP contribution in [0.5, 0.6) is 0 Å². The molecule has 2 fully saturated rings. The van der Waals surface area contributed by atoms with Crippen molar-refractivity contribution in [2.75, 3.05) is 0 Å². The molecule has 0 aromatic carbocycles. The number of fused-ring (bicyclic) bond motifs is 4. The van der Waals surface area contributed by atoms with E-state index in [0.717, 1.165) is 36.5 Å². The normalized spacial score (nSPS) is 43.8. The molecule has 0 radical (unpaired) electrons. The number of hydrogen-bond acceptors (Lipinski definition) is 1. The van der Waals surface area contributed by atoms with Crippen LogP contribution in [0.1, 0.15) is 105 Å². The zero-order chi connectivity index (χ0) is 20.1. The SMILES string of the molecule is CC(C)=CCC[C@@H](C)[C@H]1CC[C@H]2C3=C(CC[C@]12C)[C@@]1(C)CC[C@@H](O)C[C@@H]1CC3. The summed E-state index contributed by atoms with van der Waals surface area (Å²) in [6, 6.07) is 0.